The van der Waals surface area contributed by atoms with E-state index in [2.05, 4.69) is 14.9 Å². The van der Waals surface area contributed by atoms with Gasteiger partial charge in [0.15, 0.2) is 5.69 Å². The van der Waals surface area contributed by atoms with Gasteiger partial charge in [-0.25, -0.2) is 4.79 Å². The number of carbonyl (C=O) groups is 2. The van der Waals surface area contributed by atoms with Gasteiger partial charge in [-0.2, -0.15) is 0 Å². The Morgan fingerprint density at radius 1 is 1.37 bits per heavy atom. The third-order valence-electron chi connectivity index (χ3n) is 2.16. The second kappa shape index (κ2) is 5.87. The van der Waals surface area contributed by atoms with Crippen LogP contribution < -0.4 is 5.32 Å². The molecule has 2 rings (SSSR count). The third-order valence-corrected chi connectivity index (χ3v) is 2.66. The lowest BCUT2D eigenvalue weighted by Gasteiger charge is -2.03. The molecule has 7 heteroatoms. The zero-order valence-electron chi connectivity index (χ0n) is 9.61. The Bertz CT molecular complexity index is 623. The standard InChI is InChI=1S/C12H9N3O3S/c16-11(17)5-4-8-2-1-3-9(6-8)13-12(18)10-7-19-15-14-10/h1-7H,(H,13,18)(H,16,17)/b5-4+. The summed E-state index contributed by atoms with van der Waals surface area (Å²) in [7, 11) is 0. The lowest BCUT2D eigenvalue weighted by atomic mass is 10.2. The minimum atomic E-state index is -1.03. The molecule has 0 saturated carbocycles. The van der Waals surface area contributed by atoms with Gasteiger partial charge in [-0.1, -0.05) is 16.6 Å². The molecule has 6 nitrogen and oxygen atoms in total. The molecule has 0 unspecified atom stereocenters. The van der Waals surface area contributed by atoms with E-state index in [0.29, 0.717) is 11.3 Å². The first kappa shape index (κ1) is 12.9. The van der Waals surface area contributed by atoms with Crippen molar-refractivity contribution < 1.29 is 14.7 Å². The molecular formula is C12H9N3O3S. The van der Waals surface area contributed by atoms with E-state index in [1.54, 1.807) is 29.6 Å². The summed E-state index contributed by atoms with van der Waals surface area (Å²) in [4.78, 5) is 22.2. The van der Waals surface area contributed by atoms with E-state index in [4.69, 9.17) is 5.11 Å². The quantitative estimate of drug-likeness (QED) is 0.831. The summed E-state index contributed by atoms with van der Waals surface area (Å²) in [5.74, 6) is -1.38. The second-order valence-electron chi connectivity index (χ2n) is 3.54. The number of benzene rings is 1. The average molecular weight is 275 g/mol. The van der Waals surface area contributed by atoms with E-state index in [9.17, 15) is 9.59 Å². The van der Waals surface area contributed by atoms with Gasteiger partial charge in [-0.05, 0) is 35.3 Å². The number of nitrogens with one attached hydrogen (secondary N) is 1. The van der Waals surface area contributed by atoms with Crippen LogP contribution in [-0.4, -0.2) is 26.6 Å². The molecule has 0 aliphatic carbocycles. The average Bonchev–Trinajstić information content (AvgIpc) is 2.91. The Morgan fingerprint density at radius 3 is 2.89 bits per heavy atom. The van der Waals surface area contributed by atoms with Gasteiger partial charge in [-0.15, -0.1) is 5.10 Å². The predicted octanol–water partition coefficient (Wildman–Crippen LogP) is 1.89. The molecule has 0 radical (unpaired) electrons. The van der Waals surface area contributed by atoms with E-state index in [-0.39, 0.29) is 11.6 Å². The number of rotatable bonds is 4. The molecule has 0 atom stereocenters. The van der Waals surface area contributed by atoms with Crippen molar-refractivity contribution in [2.45, 2.75) is 0 Å². The predicted molar refractivity (Wildman–Crippen MR) is 71.0 cm³/mol. The molecule has 0 aliphatic rings. The fourth-order valence-corrected chi connectivity index (χ4v) is 1.78. The molecule has 1 heterocycles. The van der Waals surface area contributed by atoms with Crippen molar-refractivity contribution in [3.63, 3.8) is 0 Å². The molecule has 1 aromatic heterocycles. The monoisotopic (exact) mass is 275 g/mol. The van der Waals surface area contributed by atoms with Gasteiger partial charge in [0.2, 0.25) is 0 Å². The first-order valence-corrected chi connectivity index (χ1v) is 6.08. The van der Waals surface area contributed by atoms with Crippen LogP contribution in [0, 0.1) is 0 Å². The Hall–Kier alpha value is -2.54. The van der Waals surface area contributed by atoms with E-state index in [1.807, 2.05) is 0 Å². The molecule has 0 spiro atoms. The van der Waals surface area contributed by atoms with Crippen molar-refractivity contribution >= 4 is 35.2 Å². The van der Waals surface area contributed by atoms with Gasteiger partial charge in [0.1, 0.15) is 0 Å². The van der Waals surface area contributed by atoms with E-state index in [1.165, 1.54) is 6.08 Å². The number of hydrogen-bond acceptors (Lipinski definition) is 5. The fraction of sp³-hybridized carbons (Fsp3) is 0. The molecular weight excluding hydrogens is 266 g/mol. The van der Waals surface area contributed by atoms with Crippen LogP contribution in [0.5, 0.6) is 0 Å². The molecule has 0 aliphatic heterocycles. The van der Waals surface area contributed by atoms with Crippen LogP contribution in [0.15, 0.2) is 35.7 Å². The van der Waals surface area contributed by atoms with Crippen molar-refractivity contribution in [2.24, 2.45) is 0 Å². The van der Waals surface area contributed by atoms with Crippen LogP contribution in [0.2, 0.25) is 0 Å². The van der Waals surface area contributed by atoms with Crippen molar-refractivity contribution in [3.05, 3.63) is 47.0 Å². The fourth-order valence-electron chi connectivity index (χ4n) is 1.35. The summed E-state index contributed by atoms with van der Waals surface area (Å²) in [6.45, 7) is 0. The summed E-state index contributed by atoms with van der Waals surface area (Å²) in [6.07, 6.45) is 2.48. The number of carbonyl (C=O) groups excluding carboxylic acids is 1. The summed E-state index contributed by atoms with van der Waals surface area (Å²) < 4.78 is 3.61. The summed E-state index contributed by atoms with van der Waals surface area (Å²) >= 11 is 1.09. The van der Waals surface area contributed by atoms with Crippen LogP contribution in [0.25, 0.3) is 6.08 Å². The lowest BCUT2D eigenvalue weighted by molar-refractivity contribution is -0.131. The van der Waals surface area contributed by atoms with E-state index < -0.39 is 5.97 Å². The molecule has 0 bridgehead atoms. The molecule has 96 valence electrons. The number of anilines is 1. The van der Waals surface area contributed by atoms with E-state index >= 15 is 0 Å². The molecule has 2 aromatic rings. The van der Waals surface area contributed by atoms with Crippen molar-refractivity contribution in [3.8, 4) is 0 Å². The number of aromatic nitrogens is 2. The molecule has 1 amide bonds. The second-order valence-corrected chi connectivity index (χ2v) is 4.15. The van der Waals surface area contributed by atoms with Crippen LogP contribution in [0.4, 0.5) is 5.69 Å². The van der Waals surface area contributed by atoms with Crippen LogP contribution in [0.1, 0.15) is 16.1 Å². The zero-order valence-corrected chi connectivity index (χ0v) is 10.4. The van der Waals surface area contributed by atoms with Crippen molar-refractivity contribution in [1.29, 1.82) is 0 Å². The molecule has 2 N–H and O–H groups in total. The highest BCUT2D eigenvalue weighted by molar-refractivity contribution is 7.03. The summed E-state index contributed by atoms with van der Waals surface area (Å²) in [6, 6.07) is 6.82. The summed E-state index contributed by atoms with van der Waals surface area (Å²) in [5, 5.41) is 16.4. The van der Waals surface area contributed by atoms with Crippen LogP contribution in [0.3, 0.4) is 0 Å². The number of hydrogen-bond donors (Lipinski definition) is 2. The van der Waals surface area contributed by atoms with Gasteiger partial charge in [-0.3, -0.25) is 4.79 Å². The highest BCUT2D eigenvalue weighted by Crippen LogP contribution is 2.13. The SMILES string of the molecule is O=C(O)/C=C/c1cccc(NC(=O)c2csnn2)c1. The Morgan fingerprint density at radius 2 is 2.21 bits per heavy atom. The minimum absolute atomic E-state index is 0.247. The number of carboxylic acid groups (broad SMARTS) is 1. The first-order chi connectivity index (χ1) is 9.15. The lowest BCUT2D eigenvalue weighted by Crippen LogP contribution is -2.12. The van der Waals surface area contributed by atoms with Gasteiger partial charge in [0, 0.05) is 17.1 Å². The highest BCUT2D eigenvalue weighted by atomic mass is 32.1. The Labute approximate surface area is 112 Å². The van der Waals surface area contributed by atoms with E-state index in [0.717, 1.165) is 17.6 Å². The van der Waals surface area contributed by atoms with Gasteiger partial charge < -0.3 is 10.4 Å². The Balaban J connectivity index is 2.11. The number of carboxylic acids is 1. The Kier molecular flexibility index (Phi) is 3.99. The number of nitrogens with zero attached hydrogens (tertiary/aromatic N) is 2. The summed E-state index contributed by atoms with van der Waals surface area (Å²) in [5.41, 5.74) is 1.48. The van der Waals surface area contributed by atoms with Crippen molar-refractivity contribution in [2.75, 3.05) is 5.32 Å². The number of aliphatic carboxylic acids is 1. The maximum absolute atomic E-state index is 11.7. The van der Waals surface area contributed by atoms with Gasteiger partial charge in [0.05, 0.1) is 0 Å². The topological polar surface area (TPSA) is 92.2 Å². The molecule has 19 heavy (non-hydrogen) atoms. The van der Waals surface area contributed by atoms with Crippen LogP contribution in [-0.2, 0) is 4.79 Å². The van der Waals surface area contributed by atoms with Gasteiger partial charge in [0.25, 0.3) is 5.91 Å². The third kappa shape index (κ3) is 3.71. The highest BCUT2D eigenvalue weighted by Gasteiger charge is 2.08. The molecule has 0 saturated heterocycles. The van der Waals surface area contributed by atoms with Crippen LogP contribution >= 0.6 is 11.5 Å². The largest absolute Gasteiger partial charge is 0.478 e. The maximum Gasteiger partial charge on any atom is 0.328 e. The normalized spacial score (nSPS) is 10.5. The van der Waals surface area contributed by atoms with Gasteiger partial charge >= 0.3 is 5.97 Å². The molecule has 0 fully saturated rings. The smallest absolute Gasteiger partial charge is 0.328 e. The first-order valence-electron chi connectivity index (χ1n) is 5.24. The maximum atomic E-state index is 11.7. The number of amides is 1. The zero-order chi connectivity index (χ0) is 13.7. The molecule has 1 aromatic carbocycles. The van der Waals surface area contributed by atoms with Crippen molar-refractivity contribution in [1.82, 2.24) is 9.59 Å². The minimum Gasteiger partial charge on any atom is -0.478 e.